The van der Waals surface area contributed by atoms with Crippen LogP contribution in [0.25, 0.3) is 0 Å². The third-order valence-electron chi connectivity index (χ3n) is 2.85. The summed E-state index contributed by atoms with van der Waals surface area (Å²) < 4.78 is 1.63. The Hall–Kier alpha value is -0.940. The quantitative estimate of drug-likeness (QED) is 0.707. The molecule has 1 fully saturated rings. The molecule has 1 aliphatic heterocycles. The predicted molar refractivity (Wildman–Crippen MR) is 51.6 cm³/mol. The summed E-state index contributed by atoms with van der Waals surface area (Å²) >= 11 is 0. The number of nitrogens with zero attached hydrogens (tertiary/aromatic N) is 4. The minimum Gasteiger partial charge on any atom is -0.382 e. The van der Waals surface area contributed by atoms with Crippen LogP contribution in [-0.2, 0) is 12.6 Å². The van der Waals surface area contributed by atoms with E-state index in [9.17, 15) is 5.11 Å². The summed E-state index contributed by atoms with van der Waals surface area (Å²) in [4.78, 5) is 2.22. The number of likely N-dealkylation sites (N-methyl/N-ethyl adjacent to an activating group) is 1. The molecular weight excluding hydrogens is 180 g/mol. The molecule has 0 aromatic carbocycles. The molecule has 2 rings (SSSR count). The zero-order valence-electron chi connectivity index (χ0n) is 8.64. The van der Waals surface area contributed by atoms with E-state index in [1.165, 1.54) is 0 Å². The van der Waals surface area contributed by atoms with Crippen LogP contribution in [0.15, 0.2) is 6.20 Å². The van der Waals surface area contributed by atoms with Gasteiger partial charge < -0.3 is 10.0 Å². The highest BCUT2D eigenvalue weighted by Gasteiger charge is 2.39. The number of rotatable bonds is 2. The Balaban J connectivity index is 2.18. The van der Waals surface area contributed by atoms with E-state index in [-0.39, 0.29) is 0 Å². The number of aryl methyl sites for hydroxylation is 1. The van der Waals surface area contributed by atoms with Crippen molar-refractivity contribution in [2.45, 2.75) is 18.9 Å². The minimum atomic E-state index is -0.787. The Morgan fingerprint density at radius 1 is 1.64 bits per heavy atom. The standard InChI is InChI=1S/C9H16N4O/c1-3-13-5-4-9(14,7-13)8-6-12(2)11-10-8/h6,14H,3-5,7H2,1-2H3. The van der Waals surface area contributed by atoms with Crippen molar-refractivity contribution in [2.24, 2.45) is 7.05 Å². The smallest absolute Gasteiger partial charge is 0.124 e. The van der Waals surface area contributed by atoms with E-state index < -0.39 is 5.60 Å². The lowest BCUT2D eigenvalue weighted by molar-refractivity contribution is 0.0422. The van der Waals surface area contributed by atoms with Gasteiger partial charge in [-0.2, -0.15) is 0 Å². The second-order valence-corrected chi connectivity index (χ2v) is 3.93. The van der Waals surface area contributed by atoms with E-state index in [2.05, 4.69) is 22.1 Å². The van der Waals surface area contributed by atoms with Crippen LogP contribution in [0, 0.1) is 0 Å². The third-order valence-corrected chi connectivity index (χ3v) is 2.85. The summed E-state index contributed by atoms with van der Waals surface area (Å²) in [7, 11) is 1.81. The number of hydrogen-bond acceptors (Lipinski definition) is 4. The van der Waals surface area contributed by atoms with Gasteiger partial charge in [0.15, 0.2) is 0 Å². The van der Waals surface area contributed by atoms with Gasteiger partial charge in [-0.1, -0.05) is 12.1 Å². The molecule has 0 amide bonds. The van der Waals surface area contributed by atoms with Crippen LogP contribution in [0.4, 0.5) is 0 Å². The van der Waals surface area contributed by atoms with Gasteiger partial charge in [0, 0.05) is 20.1 Å². The molecule has 1 N–H and O–H groups in total. The monoisotopic (exact) mass is 196 g/mol. The molecule has 2 heterocycles. The fourth-order valence-corrected chi connectivity index (χ4v) is 1.91. The molecule has 5 heteroatoms. The maximum atomic E-state index is 10.3. The lowest BCUT2D eigenvalue weighted by Crippen LogP contribution is -2.31. The molecule has 5 nitrogen and oxygen atoms in total. The number of β-amino-alcohol motifs (C(OH)–C–C–N with tert-alkyl or cyclic N) is 1. The van der Waals surface area contributed by atoms with Crippen molar-refractivity contribution in [1.29, 1.82) is 0 Å². The summed E-state index contributed by atoms with van der Waals surface area (Å²) in [6.07, 6.45) is 2.54. The van der Waals surface area contributed by atoms with Crippen LogP contribution in [0.2, 0.25) is 0 Å². The van der Waals surface area contributed by atoms with Gasteiger partial charge in [-0.3, -0.25) is 4.68 Å². The van der Waals surface area contributed by atoms with Crippen LogP contribution < -0.4 is 0 Å². The fraction of sp³-hybridized carbons (Fsp3) is 0.778. The Morgan fingerprint density at radius 2 is 2.43 bits per heavy atom. The summed E-state index contributed by atoms with van der Waals surface area (Å²) in [5.74, 6) is 0. The van der Waals surface area contributed by atoms with Crippen molar-refractivity contribution in [1.82, 2.24) is 19.9 Å². The molecule has 1 aliphatic rings. The second kappa shape index (κ2) is 3.33. The molecule has 1 atom stereocenters. The van der Waals surface area contributed by atoms with Crippen molar-refractivity contribution in [3.8, 4) is 0 Å². The molecule has 0 bridgehead atoms. The average molecular weight is 196 g/mol. The highest BCUT2D eigenvalue weighted by Crippen LogP contribution is 2.29. The zero-order valence-corrected chi connectivity index (χ0v) is 8.64. The maximum Gasteiger partial charge on any atom is 0.124 e. The Kier molecular flexibility index (Phi) is 2.28. The van der Waals surface area contributed by atoms with Gasteiger partial charge in [-0.05, 0) is 13.0 Å². The van der Waals surface area contributed by atoms with Gasteiger partial charge >= 0.3 is 0 Å². The normalized spacial score (nSPS) is 28.5. The molecule has 0 aliphatic carbocycles. The molecular formula is C9H16N4O. The highest BCUT2D eigenvalue weighted by molar-refractivity contribution is 5.10. The Morgan fingerprint density at radius 3 is 2.93 bits per heavy atom. The summed E-state index contributed by atoms with van der Waals surface area (Å²) in [5.41, 5.74) is -0.0967. The first-order valence-electron chi connectivity index (χ1n) is 4.95. The molecule has 0 spiro atoms. The molecule has 1 aromatic rings. The number of aliphatic hydroxyl groups is 1. The van der Waals surface area contributed by atoms with E-state index >= 15 is 0 Å². The van der Waals surface area contributed by atoms with Gasteiger partial charge in [0.2, 0.25) is 0 Å². The lowest BCUT2D eigenvalue weighted by Gasteiger charge is -2.19. The average Bonchev–Trinajstić information content (AvgIpc) is 2.73. The van der Waals surface area contributed by atoms with Crippen LogP contribution in [0.1, 0.15) is 19.0 Å². The summed E-state index contributed by atoms with van der Waals surface area (Å²) in [6, 6.07) is 0. The van der Waals surface area contributed by atoms with E-state index in [4.69, 9.17) is 0 Å². The highest BCUT2D eigenvalue weighted by atomic mass is 16.3. The summed E-state index contributed by atoms with van der Waals surface area (Å²) in [5, 5.41) is 18.1. The molecule has 0 radical (unpaired) electrons. The molecule has 0 saturated carbocycles. The minimum absolute atomic E-state index is 0.669. The van der Waals surface area contributed by atoms with Gasteiger partial charge in [0.25, 0.3) is 0 Å². The van der Waals surface area contributed by atoms with Crippen LogP contribution in [0.3, 0.4) is 0 Å². The van der Waals surface area contributed by atoms with E-state index in [1.54, 1.807) is 10.9 Å². The SMILES string of the molecule is CCN1CCC(O)(c2cn(C)nn2)C1. The number of likely N-dealkylation sites (tertiary alicyclic amines) is 1. The Labute approximate surface area is 83.3 Å². The van der Waals surface area contributed by atoms with Crippen molar-refractivity contribution in [3.05, 3.63) is 11.9 Å². The van der Waals surface area contributed by atoms with Crippen molar-refractivity contribution in [3.63, 3.8) is 0 Å². The van der Waals surface area contributed by atoms with Crippen molar-refractivity contribution < 1.29 is 5.11 Å². The maximum absolute atomic E-state index is 10.3. The molecule has 1 saturated heterocycles. The first-order valence-corrected chi connectivity index (χ1v) is 4.95. The summed E-state index contributed by atoms with van der Waals surface area (Å²) in [6.45, 7) is 4.68. The third kappa shape index (κ3) is 1.53. The largest absolute Gasteiger partial charge is 0.382 e. The second-order valence-electron chi connectivity index (χ2n) is 3.93. The number of aromatic nitrogens is 3. The molecule has 14 heavy (non-hydrogen) atoms. The first kappa shape index (κ1) is 9.61. The topological polar surface area (TPSA) is 54.2 Å². The van der Waals surface area contributed by atoms with Gasteiger partial charge in [-0.25, -0.2) is 0 Å². The van der Waals surface area contributed by atoms with Crippen LogP contribution in [-0.4, -0.2) is 44.6 Å². The van der Waals surface area contributed by atoms with Gasteiger partial charge in [-0.15, -0.1) is 5.10 Å². The van der Waals surface area contributed by atoms with E-state index in [0.29, 0.717) is 12.2 Å². The van der Waals surface area contributed by atoms with Gasteiger partial charge in [0.05, 0.1) is 6.20 Å². The zero-order chi connectivity index (χ0) is 10.2. The molecule has 78 valence electrons. The van der Waals surface area contributed by atoms with Crippen LogP contribution >= 0.6 is 0 Å². The molecule has 1 aromatic heterocycles. The van der Waals surface area contributed by atoms with Crippen molar-refractivity contribution >= 4 is 0 Å². The fourth-order valence-electron chi connectivity index (χ4n) is 1.91. The lowest BCUT2D eigenvalue weighted by atomic mass is 10.00. The van der Waals surface area contributed by atoms with Gasteiger partial charge in [0.1, 0.15) is 11.3 Å². The predicted octanol–water partition coefficient (Wildman–Crippen LogP) is -0.272. The first-order chi connectivity index (χ1) is 6.64. The van der Waals surface area contributed by atoms with Crippen molar-refractivity contribution in [2.75, 3.05) is 19.6 Å². The van der Waals surface area contributed by atoms with E-state index in [0.717, 1.165) is 19.5 Å². The van der Waals surface area contributed by atoms with E-state index in [1.807, 2.05) is 7.05 Å². The number of hydrogen-bond donors (Lipinski definition) is 1. The Bertz CT molecular complexity index is 324. The van der Waals surface area contributed by atoms with Crippen LogP contribution in [0.5, 0.6) is 0 Å². The molecule has 1 unspecified atom stereocenters.